The van der Waals surface area contributed by atoms with E-state index in [1.165, 1.54) is 26.4 Å². The van der Waals surface area contributed by atoms with Gasteiger partial charge in [0.25, 0.3) is 5.69 Å². The monoisotopic (exact) mass is 341 g/mol. The number of hydrogen-bond donors (Lipinski definition) is 0. The zero-order valence-corrected chi connectivity index (χ0v) is 14.3. The highest BCUT2D eigenvalue weighted by molar-refractivity contribution is 6.08. The number of aryl methyl sites for hydroxylation is 1. The maximum absolute atomic E-state index is 12.5. The third-order valence-corrected chi connectivity index (χ3v) is 3.79. The summed E-state index contributed by atoms with van der Waals surface area (Å²) >= 11 is 0. The lowest BCUT2D eigenvalue weighted by molar-refractivity contribution is -0.385. The molecule has 0 fully saturated rings. The largest absolute Gasteiger partial charge is 0.497 e. The molecule has 0 radical (unpaired) electrons. The van der Waals surface area contributed by atoms with E-state index in [0.717, 1.165) is 0 Å². The number of ketones is 1. The third-order valence-electron chi connectivity index (χ3n) is 3.79. The maximum Gasteiger partial charge on any atom is 0.273 e. The summed E-state index contributed by atoms with van der Waals surface area (Å²) in [6.45, 7) is 1.86. The molecule has 0 unspecified atom stereocenters. The second-order valence-electron chi connectivity index (χ2n) is 5.26. The van der Waals surface area contributed by atoms with Gasteiger partial charge in [-0.2, -0.15) is 0 Å². The smallest absolute Gasteiger partial charge is 0.273 e. The zero-order chi connectivity index (χ0) is 18.4. The molecule has 0 aliphatic carbocycles. The van der Waals surface area contributed by atoms with Gasteiger partial charge in [0.1, 0.15) is 11.5 Å². The van der Waals surface area contributed by atoms with Crippen molar-refractivity contribution in [1.82, 2.24) is 0 Å². The van der Waals surface area contributed by atoms with Gasteiger partial charge in [0.05, 0.1) is 24.7 Å². The number of methoxy groups -OCH3 is 2. The van der Waals surface area contributed by atoms with Crippen molar-refractivity contribution in [2.24, 2.45) is 0 Å². The molecule has 0 bridgehead atoms. The van der Waals surface area contributed by atoms with Gasteiger partial charge in [0, 0.05) is 11.6 Å². The summed E-state index contributed by atoms with van der Waals surface area (Å²) in [5, 5.41) is 11.1. The van der Waals surface area contributed by atoms with Crippen LogP contribution in [0.4, 0.5) is 5.69 Å². The van der Waals surface area contributed by atoms with Crippen LogP contribution in [-0.4, -0.2) is 24.9 Å². The topological polar surface area (TPSA) is 78.7 Å². The predicted molar refractivity (Wildman–Crippen MR) is 95.4 cm³/mol. The van der Waals surface area contributed by atoms with E-state index in [4.69, 9.17) is 9.47 Å². The molecule has 6 nitrogen and oxygen atoms in total. The molecule has 0 spiro atoms. The minimum absolute atomic E-state index is 0.0519. The number of nitro benzene ring substituents is 1. The summed E-state index contributed by atoms with van der Waals surface area (Å²) in [6.07, 6.45) is 3.48. The minimum atomic E-state index is -0.414. The molecule has 0 N–H and O–H groups in total. The molecule has 0 aliphatic rings. The van der Waals surface area contributed by atoms with E-state index in [1.54, 1.807) is 36.4 Å². The first-order valence-electron chi connectivity index (χ1n) is 7.72. The number of carbonyl (C=O) groups is 1. The molecule has 0 atom stereocenters. The average Bonchev–Trinajstić information content (AvgIpc) is 2.65. The van der Waals surface area contributed by atoms with Gasteiger partial charge in [-0.15, -0.1) is 0 Å². The number of carbonyl (C=O) groups excluding carboxylic acids is 1. The average molecular weight is 341 g/mol. The number of benzene rings is 2. The highest BCUT2D eigenvalue weighted by Gasteiger charge is 2.13. The van der Waals surface area contributed by atoms with Crippen molar-refractivity contribution in [2.75, 3.05) is 14.2 Å². The minimum Gasteiger partial charge on any atom is -0.497 e. The summed E-state index contributed by atoms with van der Waals surface area (Å²) < 4.78 is 10.3. The molecular formula is C19H19NO5. The van der Waals surface area contributed by atoms with Crippen molar-refractivity contribution in [3.05, 3.63) is 69.3 Å². The lowest BCUT2D eigenvalue weighted by Gasteiger charge is -2.08. The zero-order valence-electron chi connectivity index (χ0n) is 14.3. The number of rotatable bonds is 7. The molecular weight excluding hydrogens is 322 g/mol. The van der Waals surface area contributed by atoms with Gasteiger partial charge in [0.2, 0.25) is 0 Å². The molecule has 25 heavy (non-hydrogen) atoms. The van der Waals surface area contributed by atoms with Crippen LogP contribution in [0.2, 0.25) is 0 Å². The second-order valence-corrected chi connectivity index (χ2v) is 5.26. The SMILES string of the molecule is CCc1ccc(/C=C/C(=O)c2cc(OC)ccc2OC)cc1[N+](=O)[O-]. The molecule has 0 saturated heterocycles. The Balaban J connectivity index is 2.32. The fourth-order valence-corrected chi connectivity index (χ4v) is 2.42. The van der Waals surface area contributed by atoms with Gasteiger partial charge >= 0.3 is 0 Å². The van der Waals surface area contributed by atoms with Crippen LogP contribution < -0.4 is 9.47 Å². The van der Waals surface area contributed by atoms with Crippen molar-refractivity contribution in [3.63, 3.8) is 0 Å². The molecule has 0 aromatic heterocycles. The maximum atomic E-state index is 12.5. The summed E-state index contributed by atoms with van der Waals surface area (Å²) in [5.74, 6) is 0.696. The van der Waals surface area contributed by atoms with Gasteiger partial charge in [0.15, 0.2) is 5.78 Å². The Morgan fingerprint density at radius 1 is 1.16 bits per heavy atom. The molecule has 2 aromatic rings. The molecule has 0 heterocycles. The molecule has 6 heteroatoms. The van der Waals surface area contributed by atoms with Crippen molar-refractivity contribution >= 4 is 17.5 Å². The van der Waals surface area contributed by atoms with Crippen LogP contribution in [-0.2, 0) is 6.42 Å². The molecule has 130 valence electrons. The van der Waals surface area contributed by atoms with E-state index >= 15 is 0 Å². The van der Waals surface area contributed by atoms with Gasteiger partial charge in [-0.25, -0.2) is 0 Å². The van der Waals surface area contributed by atoms with Gasteiger partial charge in [-0.1, -0.05) is 25.1 Å². The third kappa shape index (κ3) is 4.23. The Morgan fingerprint density at radius 2 is 1.92 bits per heavy atom. The summed E-state index contributed by atoms with van der Waals surface area (Å²) in [7, 11) is 3.00. The van der Waals surface area contributed by atoms with E-state index in [9.17, 15) is 14.9 Å². The summed E-state index contributed by atoms with van der Waals surface area (Å²) in [4.78, 5) is 23.2. The predicted octanol–water partition coefficient (Wildman–Crippen LogP) is 4.07. The van der Waals surface area contributed by atoms with Crippen molar-refractivity contribution in [3.8, 4) is 11.5 Å². The lowest BCUT2D eigenvalue weighted by Crippen LogP contribution is -2.00. The first kappa shape index (κ1) is 18.2. The van der Waals surface area contributed by atoms with Gasteiger partial charge in [-0.05, 0) is 36.3 Å². The fourth-order valence-electron chi connectivity index (χ4n) is 2.42. The molecule has 0 amide bonds. The lowest BCUT2D eigenvalue weighted by atomic mass is 10.0. The summed E-state index contributed by atoms with van der Waals surface area (Å²) in [6, 6.07) is 9.86. The van der Waals surface area contributed by atoms with Crippen LogP contribution in [0, 0.1) is 10.1 Å². The second kappa shape index (κ2) is 8.10. The Bertz CT molecular complexity index is 827. The first-order chi connectivity index (χ1) is 12.0. The van der Waals surface area contributed by atoms with Crippen molar-refractivity contribution in [2.45, 2.75) is 13.3 Å². The van der Waals surface area contributed by atoms with Crippen molar-refractivity contribution < 1.29 is 19.2 Å². The standard InChI is InChI=1S/C19H19NO5/c1-4-14-7-5-13(11-17(14)20(22)23)6-9-18(21)16-12-15(24-2)8-10-19(16)25-3/h5-12H,4H2,1-3H3/b9-6+. The first-order valence-corrected chi connectivity index (χ1v) is 7.72. The highest BCUT2D eigenvalue weighted by atomic mass is 16.6. The highest BCUT2D eigenvalue weighted by Crippen LogP contribution is 2.25. The van der Waals surface area contributed by atoms with Crippen LogP contribution in [0.5, 0.6) is 11.5 Å². The van der Waals surface area contributed by atoms with E-state index in [1.807, 2.05) is 6.92 Å². The Hall–Kier alpha value is -3.15. The summed E-state index contributed by atoms with van der Waals surface area (Å²) in [5.41, 5.74) is 1.65. The Kier molecular flexibility index (Phi) is 5.89. The Labute approximate surface area is 145 Å². The van der Waals surface area contributed by atoms with Crippen LogP contribution >= 0.6 is 0 Å². The van der Waals surface area contributed by atoms with E-state index in [2.05, 4.69) is 0 Å². The number of hydrogen-bond acceptors (Lipinski definition) is 5. The molecule has 0 aliphatic heterocycles. The molecule has 0 saturated carbocycles. The van der Waals surface area contributed by atoms with Crippen molar-refractivity contribution in [1.29, 1.82) is 0 Å². The molecule has 2 aromatic carbocycles. The quantitative estimate of drug-likeness (QED) is 0.328. The van der Waals surface area contributed by atoms with Crippen LogP contribution in [0.1, 0.15) is 28.4 Å². The Morgan fingerprint density at radius 3 is 2.52 bits per heavy atom. The van der Waals surface area contributed by atoms with Crippen LogP contribution in [0.15, 0.2) is 42.5 Å². The van der Waals surface area contributed by atoms with E-state index in [-0.39, 0.29) is 11.5 Å². The number of nitro groups is 1. The van der Waals surface area contributed by atoms with Crippen LogP contribution in [0.25, 0.3) is 6.08 Å². The molecule has 2 rings (SSSR count). The number of allylic oxidation sites excluding steroid dienone is 1. The van der Waals surface area contributed by atoms with E-state index in [0.29, 0.717) is 34.6 Å². The van der Waals surface area contributed by atoms with Gasteiger partial charge < -0.3 is 9.47 Å². The number of nitrogens with zero attached hydrogens (tertiary/aromatic N) is 1. The normalized spacial score (nSPS) is 10.7. The van der Waals surface area contributed by atoms with E-state index < -0.39 is 4.92 Å². The number of ether oxygens (including phenoxy) is 2. The van der Waals surface area contributed by atoms with Gasteiger partial charge in [-0.3, -0.25) is 14.9 Å². The fraction of sp³-hybridized carbons (Fsp3) is 0.211. The van der Waals surface area contributed by atoms with Crippen LogP contribution in [0.3, 0.4) is 0 Å².